The smallest absolute Gasteiger partial charge is 0.220 e. The Balaban J connectivity index is 0.00000116. The normalized spacial score (nSPS) is 40.2. The van der Waals surface area contributed by atoms with Gasteiger partial charge in [0.1, 0.15) is 0 Å². The molecule has 5 aliphatic rings. The number of carbonyl (C=O) groups is 1. The maximum Gasteiger partial charge on any atom is 0.220 e. The predicted octanol–water partition coefficient (Wildman–Crippen LogP) is 7.87. The predicted molar refractivity (Wildman–Crippen MR) is 176 cm³/mol. The van der Waals surface area contributed by atoms with Gasteiger partial charge in [-0.3, -0.25) is 4.79 Å². The lowest BCUT2D eigenvalue weighted by Gasteiger charge is -2.62. The summed E-state index contributed by atoms with van der Waals surface area (Å²) in [5, 5.41) is 28.9. The van der Waals surface area contributed by atoms with Crippen molar-refractivity contribution in [1.82, 2.24) is 10.6 Å². The number of carbonyl (C=O) groups excluding carboxylic acids is 1. The van der Waals surface area contributed by atoms with Crippen LogP contribution < -0.4 is 10.6 Å². The molecule has 0 aromatic rings. The van der Waals surface area contributed by atoms with Gasteiger partial charge in [0.25, 0.3) is 0 Å². The van der Waals surface area contributed by atoms with Gasteiger partial charge in [0.15, 0.2) is 0 Å². The third-order valence-electron chi connectivity index (χ3n) is 13.0. The molecule has 5 nitrogen and oxygen atoms in total. The maximum atomic E-state index is 12.6. The molecule has 0 radical (unpaired) electrons. The largest absolute Gasteiger partial charge is 0.393 e. The molecule has 5 heteroatoms. The second-order valence-corrected chi connectivity index (χ2v) is 14.9. The summed E-state index contributed by atoms with van der Waals surface area (Å²) >= 11 is 0. The third kappa shape index (κ3) is 7.76. The van der Waals surface area contributed by atoms with Gasteiger partial charge in [-0.05, 0) is 130 Å². The van der Waals surface area contributed by atoms with E-state index in [0.29, 0.717) is 42.1 Å². The summed E-state index contributed by atoms with van der Waals surface area (Å²) < 4.78 is 0. The van der Waals surface area contributed by atoms with Crippen molar-refractivity contribution in [3.8, 4) is 0 Å². The van der Waals surface area contributed by atoms with Gasteiger partial charge in [-0.1, -0.05) is 67.7 Å². The first-order valence-electron chi connectivity index (χ1n) is 18.6. The quantitative estimate of drug-likeness (QED) is 0.206. The van der Waals surface area contributed by atoms with Crippen LogP contribution in [0.2, 0.25) is 0 Å². The maximum absolute atomic E-state index is 12.6. The molecule has 5 saturated carbocycles. The Morgan fingerprint density at radius 2 is 1.57 bits per heavy atom. The molecule has 0 aromatic carbocycles. The molecular formula is C37H70N2O3. The van der Waals surface area contributed by atoms with Crippen molar-refractivity contribution >= 4 is 5.91 Å². The molecule has 5 aliphatic carbocycles. The van der Waals surface area contributed by atoms with E-state index in [1.54, 1.807) is 0 Å². The minimum atomic E-state index is -0.239. The van der Waals surface area contributed by atoms with Crippen molar-refractivity contribution in [1.29, 1.82) is 0 Å². The van der Waals surface area contributed by atoms with Gasteiger partial charge in [-0.2, -0.15) is 0 Å². The molecule has 246 valence electrons. The lowest BCUT2D eigenvalue weighted by Crippen LogP contribution is -2.58. The van der Waals surface area contributed by atoms with Crippen LogP contribution >= 0.6 is 0 Å². The van der Waals surface area contributed by atoms with Gasteiger partial charge in [-0.15, -0.1) is 0 Å². The fraction of sp³-hybridized carbons (Fsp3) is 0.973. The zero-order chi connectivity index (χ0) is 30.9. The number of hydrogen-bond acceptors (Lipinski definition) is 4. The van der Waals surface area contributed by atoms with Crippen molar-refractivity contribution in [3.05, 3.63) is 0 Å². The van der Waals surface area contributed by atoms with E-state index < -0.39 is 0 Å². The molecule has 5 fully saturated rings. The van der Waals surface area contributed by atoms with Gasteiger partial charge >= 0.3 is 0 Å². The molecule has 0 saturated heterocycles. The number of rotatable bonds is 9. The molecule has 10 atom stereocenters. The highest BCUT2D eigenvalue weighted by Gasteiger charge is 2.63. The summed E-state index contributed by atoms with van der Waals surface area (Å²) in [5.74, 6) is 3.74. The first-order chi connectivity index (χ1) is 20.2. The van der Waals surface area contributed by atoms with E-state index >= 15 is 0 Å². The fourth-order valence-electron chi connectivity index (χ4n) is 10.7. The Morgan fingerprint density at radius 1 is 0.857 bits per heavy atom. The van der Waals surface area contributed by atoms with Crippen molar-refractivity contribution in [2.75, 3.05) is 13.1 Å². The second-order valence-electron chi connectivity index (χ2n) is 14.9. The van der Waals surface area contributed by atoms with Crippen LogP contribution in [0.4, 0.5) is 0 Å². The molecular weight excluding hydrogens is 520 g/mol. The summed E-state index contributed by atoms with van der Waals surface area (Å²) in [5.41, 5.74) is 0.275. The summed E-state index contributed by atoms with van der Waals surface area (Å²) in [7, 11) is 0. The summed E-state index contributed by atoms with van der Waals surface area (Å²) in [4.78, 5) is 12.6. The molecule has 0 spiro atoms. The van der Waals surface area contributed by atoms with Crippen LogP contribution in [0.25, 0.3) is 0 Å². The number of aliphatic hydroxyl groups excluding tert-OH is 2. The fourth-order valence-corrected chi connectivity index (χ4v) is 10.7. The van der Waals surface area contributed by atoms with E-state index in [2.05, 4.69) is 31.4 Å². The van der Waals surface area contributed by atoms with Crippen LogP contribution in [0.5, 0.6) is 0 Å². The van der Waals surface area contributed by atoms with Crippen molar-refractivity contribution in [2.45, 2.75) is 169 Å². The van der Waals surface area contributed by atoms with Crippen LogP contribution in [0.1, 0.15) is 151 Å². The van der Waals surface area contributed by atoms with Gasteiger partial charge in [0, 0.05) is 19.0 Å². The van der Waals surface area contributed by atoms with Gasteiger partial charge in [0.2, 0.25) is 5.91 Å². The summed E-state index contributed by atoms with van der Waals surface area (Å²) in [6, 6.07) is 0.691. The topological polar surface area (TPSA) is 81.6 Å². The number of nitrogens with one attached hydrogen (secondary N) is 2. The average Bonchev–Trinajstić information content (AvgIpc) is 3.38. The molecule has 0 aromatic heterocycles. The van der Waals surface area contributed by atoms with Crippen LogP contribution in [0.15, 0.2) is 0 Å². The highest BCUT2D eigenvalue weighted by Crippen LogP contribution is 2.68. The highest BCUT2D eigenvalue weighted by molar-refractivity contribution is 5.75. The van der Waals surface area contributed by atoms with E-state index in [9.17, 15) is 15.0 Å². The Morgan fingerprint density at radius 3 is 2.29 bits per heavy atom. The molecule has 5 rings (SSSR count). The molecule has 7 unspecified atom stereocenters. The number of amides is 1. The second kappa shape index (κ2) is 16.6. The SMILES string of the molecule is CC.CC.C[C@H](CCC(=O)NCCCNC1CCCCC1)C1CCC2C3CCC4C[C@H](O)CCC4(C)C3C[C@H](O)C21C. The lowest BCUT2D eigenvalue weighted by atomic mass is 9.43. The zero-order valence-electron chi connectivity index (χ0n) is 28.7. The number of fused-ring (bicyclic) bond motifs is 5. The number of aliphatic hydroxyl groups is 2. The molecule has 42 heavy (non-hydrogen) atoms. The first kappa shape index (κ1) is 35.8. The third-order valence-corrected chi connectivity index (χ3v) is 13.0. The standard InChI is InChI=1S/C33H58N2O3.2C2H6/c1-22(10-15-31(38)35-19-7-18-34-24-8-5-4-6-9-24)27-13-14-28-26-12-11-23-20-25(36)16-17-32(23,2)29(26)21-30(37)33(27,28)3;2*1-2/h22-30,34,36-37H,4-21H2,1-3H3,(H,35,38);2*1-2H3/t22-,23?,25-,26?,27?,28?,29?,30+,32?,33?;;/m1../s1. The van der Waals surface area contributed by atoms with E-state index in [-0.39, 0.29) is 28.9 Å². The van der Waals surface area contributed by atoms with E-state index in [0.717, 1.165) is 57.5 Å². The molecule has 1 amide bonds. The van der Waals surface area contributed by atoms with E-state index in [4.69, 9.17) is 0 Å². The molecule has 0 bridgehead atoms. The molecule has 0 aliphatic heterocycles. The zero-order valence-corrected chi connectivity index (χ0v) is 28.7. The van der Waals surface area contributed by atoms with Gasteiger partial charge in [0.05, 0.1) is 12.2 Å². The Kier molecular flexibility index (Phi) is 14.2. The minimum Gasteiger partial charge on any atom is -0.393 e. The van der Waals surface area contributed by atoms with E-state index in [1.165, 1.54) is 57.8 Å². The molecule has 0 heterocycles. The Hall–Kier alpha value is -0.650. The summed E-state index contributed by atoms with van der Waals surface area (Å²) in [6.45, 7) is 17.0. The van der Waals surface area contributed by atoms with Crippen LogP contribution in [-0.2, 0) is 4.79 Å². The van der Waals surface area contributed by atoms with Crippen molar-refractivity contribution < 1.29 is 15.0 Å². The Bertz CT molecular complexity index is 800. The van der Waals surface area contributed by atoms with Crippen LogP contribution in [0, 0.1) is 46.3 Å². The van der Waals surface area contributed by atoms with Crippen LogP contribution in [0.3, 0.4) is 0 Å². The highest BCUT2D eigenvalue weighted by atomic mass is 16.3. The van der Waals surface area contributed by atoms with Crippen molar-refractivity contribution in [3.63, 3.8) is 0 Å². The minimum absolute atomic E-state index is 0.0147. The average molecular weight is 591 g/mol. The first-order valence-corrected chi connectivity index (χ1v) is 18.6. The number of hydrogen-bond donors (Lipinski definition) is 4. The van der Waals surface area contributed by atoms with Gasteiger partial charge < -0.3 is 20.8 Å². The van der Waals surface area contributed by atoms with Gasteiger partial charge in [-0.25, -0.2) is 0 Å². The summed E-state index contributed by atoms with van der Waals surface area (Å²) in [6.07, 6.45) is 17.9. The van der Waals surface area contributed by atoms with Crippen molar-refractivity contribution in [2.24, 2.45) is 46.3 Å². The van der Waals surface area contributed by atoms with Crippen LogP contribution in [-0.4, -0.2) is 47.5 Å². The Labute approximate surface area is 260 Å². The monoisotopic (exact) mass is 591 g/mol. The van der Waals surface area contributed by atoms with E-state index in [1.807, 2.05) is 27.7 Å². The molecule has 4 N–H and O–H groups in total. The lowest BCUT2D eigenvalue weighted by molar-refractivity contribution is -0.174.